The van der Waals surface area contributed by atoms with Crippen LogP contribution in [-0.4, -0.2) is 4.57 Å². The van der Waals surface area contributed by atoms with Gasteiger partial charge in [-0.15, -0.1) is 0 Å². The Balaban J connectivity index is 2.36. The Bertz CT molecular complexity index is 307. The first-order valence-corrected chi connectivity index (χ1v) is 6.02. The maximum Gasteiger partial charge on any atom is 0.0403 e. The molecule has 0 radical (unpaired) electrons. The van der Waals surface area contributed by atoms with Crippen molar-refractivity contribution < 1.29 is 0 Å². The topological polar surface area (TPSA) is 4.93 Å². The molecule has 0 atom stereocenters. The van der Waals surface area contributed by atoms with Crippen LogP contribution in [0, 0.1) is 0 Å². The zero-order valence-corrected chi connectivity index (χ0v) is 10.3. The van der Waals surface area contributed by atoms with Gasteiger partial charge in [-0.1, -0.05) is 31.8 Å². The minimum absolute atomic E-state index is 1.24. The molecule has 0 spiro atoms. The molecule has 0 saturated carbocycles. The third kappa shape index (κ3) is 4.37. The summed E-state index contributed by atoms with van der Waals surface area (Å²) in [5, 5.41) is 0. The van der Waals surface area contributed by atoms with E-state index in [0.29, 0.717) is 0 Å². The van der Waals surface area contributed by atoms with E-state index in [-0.39, 0.29) is 0 Å². The normalized spacial score (nSPS) is 12.1. The summed E-state index contributed by atoms with van der Waals surface area (Å²) >= 11 is 0. The summed E-state index contributed by atoms with van der Waals surface area (Å²) < 4.78 is 2.16. The van der Waals surface area contributed by atoms with Crippen LogP contribution in [0.3, 0.4) is 0 Å². The van der Waals surface area contributed by atoms with Gasteiger partial charge in [0.25, 0.3) is 0 Å². The molecule has 0 aliphatic carbocycles. The molecule has 15 heavy (non-hydrogen) atoms. The van der Waals surface area contributed by atoms with Gasteiger partial charge in [0.2, 0.25) is 0 Å². The molecule has 0 unspecified atom stereocenters. The van der Waals surface area contributed by atoms with Gasteiger partial charge in [0.05, 0.1) is 0 Å². The van der Waals surface area contributed by atoms with E-state index in [9.17, 15) is 0 Å². The SMILES string of the molecule is CCCCCC/C(C)=C/c1cccn1C. The summed E-state index contributed by atoms with van der Waals surface area (Å²) in [5.41, 5.74) is 2.80. The number of unbranched alkanes of at least 4 members (excludes halogenated alkanes) is 3. The number of allylic oxidation sites excluding steroid dienone is 1. The molecule has 1 aromatic rings. The Morgan fingerprint density at radius 1 is 1.33 bits per heavy atom. The quantitative estimate of drug-likeness (QED) is 0.607. The number of hydrogen-bond acceptors (Lipinski definition) is 0. The minimum Gasteiger partial charge on any atom is -0.351 e. The van der Waals surface area contributed by atoms with Crippen LogP contribution < -0.4 is 0 Å². The van der Waals surface area contributed by atoms with E-state index >= 15 is 0 Å². The van der Waals surface area contributed by atoms with Crippen molar-refractivity contribution in [1.82, 2.24) is 4.57 Å². The van der Waals surface area contributed by atoms with Crippen molar-refractivity contribution in [3.63, 3.8) is 0 Å². The van der Waals surface area contributed by atoms with Crippen LogP contribution in [0.5, 0.6) is 0 Å². The summed E-state index contributed by atoms with van der Waals surface area (Å²) in [6, 6.07) is 4.26. The van der Waals surface area contributed by atoms with Crippen LogP contribution in [0.15, 0.2) is 23.9 Å². The number of aryl methyl sites for hydroxylation is 1. The van der Waals surface area contributed by atoms with Crippen molar-refractivity contribution in [2.75, 3.05) is 0 Å². The summed E-state index contributed by atoms with van der Waals surface area (Å²) in [7, 11) is 2.09. The first-order valence-electron chi connectivity index (χ1n) is 6.02. The second-order valence-electron chi connectivity index (χ2n) is 4.35. The predicted molar refractivity (Wildman–Crippen MR) is 67.8 cm³/mol. The molecule has 0 aliphatic rings. The summed E-state index contributed by atoms with van der Waals surface area (Å²) in [4.78, 5) is 0. The molecule has 0 aromatic carbocycles. The van der Waals surface area contributed by atoms with Gasteiger partial charge in [-0.2, -0.15) is 0 Å². The molecule has 0 fully saturated rings. The van der Waals surface area contributed by atoms with Gasteiger partial charge in [0.15, 0.2) is 0 Å². The summed E-state index contributed by atoms with van der Waals surface area (Å²) in [6.07, 6.45) is 11.0. The highest BCUT2D eigenvalue weighted by atomic mass is 14.9. The fourth-order valence-corrected chi connectivity index (χ4v) is 1.78. The lowest BCUT2D eigenvalue weighted by Gasteiger charge is -2.02. The van der Waals surface area contributed by atoms with Crippen molar-refractivity contribution in [3.05, 3.63) is 29.6 Å². The first-order chi connectivity index (χ1) is 7.24. The maximum absolute atomic E-state index is 2.30. The Hall–Kier alpha value is -0.980. The van der Waals surface area contributed by atoms with Crippen LogP contribution in [0.1, 0.15) is 51.6 Å². The van der Waals surface area contributed by atoms with Gasteiger partial charge >= 0.3 is 0 Å². The average molecular weight is 205 g/mol. The molecule has 0 saturated heterocycles. The summed E-state index contributed by atoms with van der Waals surface area (Å²) in [5.74, 6) is 0. The third-order valence-electron chi connectivity index (χ3n) is 2.80. The molecule has 0 N–H and O–H groups in total. The molecular weight excluding hydrogens is 182 g/mol. The van der Waals surface area contributed by atoms with Crippen LogP contribution in [0.2, 0.25) is 0 Å². The largest absolute Gasteiger partial charge is 0.351 e. The molecule has 0 amide bonds. The highest BCUT2D eigenvalue weighted by molar-refractivity contribution is 5.48. The Morgan fingerprint density at radius 2 is 2.13 bits per heavy atom. The van der Waals surface area contributed by atoms with Crippen molar-refractivity contribution in [3.8, 4) is 0 Å². The molecular formula is C14H23N. The van der Waals surface area contributed by atoms with E-state index < -0.39 is 0 Å². The van der Waals surface area contributed by atoms with E-state index in [2.05, 4.69) is 49.9 Å². The van der Waals surface area contributed by atoms with Gasteiger partial charge in [-0.05, 0) is 38.0 Å². The van der Waals surface area contributed by atoms with E-state index in [1.807, 2.05) is 0 Å². The second kappa shape index (κ2) is 6.49. The van der Waals surface area contributed by atoms with Gasteiger partial charge in [0.1, 0.15) is 0 Å². The lowest BCUT2D eigenvalue weighted by atomic mass is 10.1. The maximum atomic E-state index is 2.30. The van der Waals surface area contributed by atoms with Crippen molar-refractivity contribution >= 4 is 6.08 Å². The fraction of sp³-hybridized carbons (Fsp3) is 0.571. The Labute approximate surface area is 93.8 Å². The highest BCUT2D eigenvalue weighted by Crippen LogP contribution is 2.13. The molecule has 0 aliphatic heterocycles. The number of nitrogens with zero attached hydrogens (tertiary/aromatic N) is 1. The fourth-order valence-electron chi connectivity index (χ4n) is 1.78. The molecule has 0 bridgehead atoms. The van der Waals surface area contributed by atoms with E-state index in [1.54, 1.807) is 0 Å². The van der Waals surface area contributed by atoms with Crippen LogP contribution in [0.4, 0.5) is 0 Å². The molecule has 1 rings (SSSR count). The van der Waals surface area contributed by atoms with Crippen LogP contribution in [-0.2, 0) is 7.05 Å². The van der Waals surface area contributed by atoms with Crippen LogP contribution in [0.25, 0.3) is 6.08 Å². The smallest absolute Gasteiger partial charge is 0.0403 e. The van der Waals surface area contributed by atoms with Gasteiger partial charge in [-0.25, -0.2) is 0 Å². The van der Waals surface area contributed by atoms with Crippen molar-refractivity contribution in [2.45, 2.75) is 46.0 Å². The Kier molecular flexibility index (Phi) is 5.23. The molecule has 1 aromatic heterocycles. The third-order valence-corrected chi connectivity index (χ3v) is 2.80. The minimum atomic E-state index is 1.24. The highest BCUT2D eigenvalue weighted by Gasteiger charge is 1.95. The lowest BCUT2D eigenvalue weighted by Crippen LogP contribution is -1.88. The Morgan fingerprint density at radius 3 is 2.73 bits per heavy atom. The van der Waals surface area contributed by atoms with E-state index in [0.717, 1.165) is 0 Å². The zero-order valence-electron chi connectivity index (χ0n) is 10.3. The standard InChI is InChI=1S/C14H23N/c1-4-5-6-7-9-13(2)12-14-10-8-11-15(14)3/h8,10-12H,4-7,9H2,1-3H3/b13-12+. The number of hydrogen-bond donors (Lipinski definition) is 0. The van der Waals surface area contributed by atoms with E-state index in [1.165, 1.54) is 43.4 Å². The molecule has 1 heteroatoms. The van der Waals surface area contributed by atoms with Gasteiger partial charge in [-0.3, -0.25) is 0 Å². The monoisotopic (exact) mass is 205 g/mol. The number of rotatable bonds is 6. The average Bonchev–Trinajstić information content (AvgIpc) is 2.59. The molecule has 1 heterocycles. The van der Waals surface area contributed by atoms with Crippen molar-refractivity contribution in [2.24, 2.45) is 7.05 Å². The summed E-state index contributed by atoms with van der Waals surface area (Å²) in [6.45, 7) is 4.49. The predicted octanol–water partition coefficient (Wildman–Crippen LogP) is 4.40. The zero-order chi connectivity index (χ0) is 11.1. The number of aromatic nitrogens is 1. The van der Waals surface area contributed by atoms with Gasteiger partial charge in [0, 0.05) is 18.9 Å². The molecule has 1 nitrogen and oxygen atoms in total. The van der Waals surface area contributed by atoms with Gasteiger partial charge < -0.3 is 4.57 Å². The van der Waals surface area contributed by atoms with Crippen LogP contribution >= 0.6 is 0 Å². The van der Waals surface area contributed by atoms with Crippen molar-refractivity contribution in [1.29, 1.82) is 0 Å². The van der Waals surface area contributed by atoms with E-state index in [4.69, 9.17) is 0 Å². The first kappa shape index (κ1) is 12.1. The lowest BCUT2D eigenvalue weighted by molar-refractivity contribution is 0.665. The molecule has 84 valence electrons. The second-order valence-corrected chi connectivity index (χ2v) is 4.35.